The first-order chi connectivity index (χ1) is 8.17. The lowest BCUT2D eigenvalue weighted by atomic mass is 10.0. The number of nitrogens with zero attached hydrogens (tertiary/aromatic N) is 2. The van der Waals surface area contributed by atoms with Gasteiger partial charge in [0.1, 0.15) is 5.60 Å². The Morgan fingerprint density at radius 2 is 2.29 bits per heavy atom. The number of rotatable bonds is 2. The number of nitrogens with two attached hydrogens (primary N) is 1. The first-order valence-electron chi connectivity index (χ1n) is 6.41. The Bertz CT molecular complexity index is 398. The van der Waals surface area contributed by atoms with Gasteiger partial charge < -0.3 is 15.0 Å². The Balaban J connectivity index is 1.78. The molecule has 0 bridgehead atoms. The summed E-state index contributed by atoms with van der Waals surface area (Å²) in [4.78, 5) is 4.52. The van der Waals surface area contributed by atoms with E-state index in [0.717, 1.165) is 44.6 Å². The van der Waals surface area contributed by atoms with Crippen LogP contribution in [0, 0.1) is 0 Å². The molecule has 94 valence electrons. The second kappa shape index (κ2) is 4.07. The molecule has 2 fully saturated rings. The van der Waals surface area contributed by atoms with Crippen molar-refractivity contribution in [3.63, 3.8) is 0 Å². The Hall–Kier alpha value is -0.940. The van der Waals surface area contributed by atoms with Crippen LogP contribution in [0.2, 0.25) is 0 Å². The smallest absolute Gasteiger partial charge is 0.229 e. The number of aromatic nitrogens is 2. The summed E-state index contributed by atoms with van der Waals surface area (Å²) in [6.07, 6.45) is 5.10. The molecule has 2 heterocycles. The third-order valence-electron chi connectivity index (χ3n) is 3.96. The fourth-order valence-corrected chi connectivity index (χ4v) is 2.81. The third-order valence-corrected chi connectivity index (χ3v) is 3.96. The summed E-state index contributed by atoms with van der Waals surface area (Å²) in [6.45, 7) is 2.82. The maximum absolute atomic E-state index is 5.90. The molecule has 1 unspecified atom stereocenters. The Morgan fingerprint density at radius 1 is 1.41 bits per heavy atom. The first-order valence-corrected chi connectivity index (χ1v) is 6.41. The zero-order valence-electron chi connectivity index (χ0n) is 10.2. The molecule has 1 aromatic rings. The highest BCUT2D eigenvalue weighted by molar-refractivity contribution is 5.05. The van der Waals surface area contributed by atoms with Gasteiger partial charge in [-0.2, -0.15) is 4.98 Å². The third kappa shape index (κ3) is 1.98. The van der Waals surface area contributed by atoms with E-state index in [1.54, 1.807) is 0 Å². The molecule has 1 aromatic heterocycles. The van der Waals surface area contributed by atoms with Crippen LogP contribution in [0.5, 0.6) is 0 Å². The van der Waals surface area contributed by atoms with Crippen molar-refractivity contribution in [2.24, 2.45) is 5.73 Å². The van der Waals surface area contributed by atoms with E-state index in [-0.39, 0.29) is 11.6 Å². The van der Waals surface area contributed by atoms with Gasteiger partial charge >= 0.3 is 0 Å². The molecule has 0 aromatic carbocycles. The molecule has 3 atom stereocenters. The van der Waals surface area contributed by atoms with Gasteiger partial charge in [-0.05, 0) is 39.0 Å². The first kappa shape index (κ1) is 11.2. The quantitative estimate of drug-likeness (QED) is 0.847. The van der Waals surface area contributed by atoms with Crippen molar-refractivity contribution in [2.45, 2.75) is 56.6 Å². The van der Waals surface area contributed by atoms with Crippen LogP contribution in [-0.4, -0.2) is 22.8 Å². The number of hydrogen-bond acceptors (Lipinski definition) is 5. The van der Waals surface area contributed by atoms with E-state index in [1.807, 2.05) is 6.92 Å². The van der Waals surface area contributed by atoms with E-state index in [0.29, 0.717) is 11.7 Å². The van der Waals surface area contributed by atoms with Crippen LogP contribution in [0.4, 0.5) is 0 Å². The van der Waals surface area contributed by atoms with Gasteiger partial charge in [-0.3, -0.25) is 0 Å². The van der Waals surface area contributed by atoms with Crippen molar-refractivity contribution in [3.8, 4) is 0 Å². The molecule has 1 aliphatic carbocycles. The zero-order valence-corrected chi connectivity index (χ0v) is 10.2. The normalized spacial score (nSPS) is 37.8. The van der Waals surface area contributed by atoms with Crippen molar-refractivity contribution in [1.82, 2.24) is 10.1 Å². The summed E-state index contributed by atoms with van der Waals surface area (Å²) in [7, 11) is 0. The molecule has 5 heteroatoms. The predicted octanol–water partition coefficient (Wildman–Crippen LogP) is 1.69. The summed E-state index contributed by atoms with van der Waals surface area (Å²) in [5, 5.41) is 4.09. The minimum Gasteiger partial charge on any atom is -0.367 e. The highest BCUT2D eigenvalue weighted by Crippen LogP contribution is 2.37. The van der Waals surface area contributed by atoms with E-state index in [1.165, 1.54) is 0 Å². The average Bonchev–Trinajstić information content (AvgIpc) is 2.96. The molecule has 2 aliphatic rings. The van der Waals surface area contributed by atoms with E-state index < -0.39 is 0 Å². The summed E-state index contributed by atoms with van der Waals surface area (Å²) >= 11 is 0. The van der Waals surface area contributed by atoms with Gasteiger partial charge in [-0.25, -0.2) is 0 Å². The molecule has 17 heavy (non-hydrogen) atoms. The maximum Gasteiger partial charge on any atom is 0.229 e. The van der Waals surface area contributed by atoms with Crippen molar-refractivity contribution < 1.29 is 9.26 Å². The molecule has 2 N–H and O–H groups in total. The fourth-order valence-electron chi connectivity index (χ4n) is 2.81. The second-order valence-corrected chi connectivity index (χ2v) is 5.41. The molecule has 3 rings (SSSR count). The van der Waals surface area contributed by atoms with Crippen LogP contribution in [-0.2, 0) is 10.3 Å². The van der Waals surface area contributed by atoms with E-state index in [2.05, 4.69) is 10.1 Å². The second-order valence-electron chi connectivity index (χ2n) is 5.41. The highest BCUT2D eigenvalue weighted by atomic mass is 16.5. The van der Waals surface area contributed by atoms with E-state index >= 15 is 0 Å². The summed E-state index contributed by atoms with van der Waals surface area (Å²) in [6, 6.07) is 0.286. The lowest BCUT2D eigenvalue weighted by Crippen LogP contribution is -2.21. The summed E-state index contributed by atoms with van der Waals surface area (Å²) in [5.74, 6) is 1.78. The standard InChI is InChI=1S/C12H19N3O2/c1-12(5-2-6-16-12)11-14-10(17-15-11)8-3-4-9(13)7-8/h8-9H,2-7,13H2,1H3/t8-,9+,12?/m1/s1. The van der Waals surface area contributed by atoms with Crippen LogP contribution in [0.3, 0.4) is 0 Å². The molecule has 0 radical (unpaired) electrons. The zero-order chi connectivity index (χ0) is 11.9. The van der Waals surface area contributed by atoms with Crippen LogP contribution in [0.1, 0.15) is 56.7 Å². The van der Waals surface area contributed by atoms with E-state index in [4.69, 9.17) is 15.0 Å². The fraction of sp³-hybridized carbons (Fsp3) is 0.833. The number of ether oxygens (including phenoxy) is 1. The van der Waals surface area contributed by atoms with Crippen LogP contribution in [0.15, 0.2) is 4.52 Å². The maximum atomic E-state index is 5.90. The topological polar surface area (TPSA) is 74.2 Å². The van der Waals surface area contributed by atoms with Crippen LogP contribution < -0.4 is 5.73 Å². The van der Waals surface area contributed by atoms with Crippen LogP contribution >= 0.6 is 0 Å². The highest BCUT2D eigenvalue weighted by Gasteiger charge is 2.38. The Kier molecular flexibility index (Phi) is 2.67. The predicted molar refractivity (Wildman–Crippen MR) is 61.4 cm³/mol. The van der Waals surface area contributed by atoms with Gasteiger partial charge in [-0.1, -0.05) is 5.16 Å². The van der Waals surface area contributed by atoms with Gasteiger partial charge in [0.05, 0.1) is 0 Å². The lowest BCUT2D eigenvalue weighted by molar-refractivity contribution is 0.00768. The van der Waals surface area contributed by atoms with Crippen molar-refractivity contribution >= 4 is 0 Å². The molecule has 1 aliphatic heterocycles. The molecule has 0 spiro atoms. The van der Waals surface area contributed by atoms with Crippen molar-refractivity contribution in [1.29, 1.82) is 0 Å². The minimum absolute atomic E-state index is 0.286. The largest absolute Gasteiger partial charge is 0.367 e. The lowest BCUT2D eigenvalue weighted by Gasteiger charge is -2.17. The molecular formula is C12H19N3O2. The molecule has 0 amide bonds. The van der Waals surface area contributed by atoms with Gasteiger partial charge in [0.15, 0.2) is 0 Å². The van der Waals surface area contributed by atoms with Gasteiger partial charge in [0.2, 0.25) is 11.7 Å². The molecule has 1 saturated heterocycles. The van der Waals surface area contributed by atoms with Gasteiger partial charge in [-0.15, -0.1) is 0 Å². The Morgan fingerprint density at radius 3 is 2.94 bits per heavy atom. The number of hydrogen-bond donors (Lipinski definition) is 1. The molecule has 5 nitrogen and oxygen atoms in total. The van der Waals surface area contributed by atoms with Gasteiger partial charge in [0.25, 0.3) is 0 Å². The van der Waals surface area contributed by atoms with Crippen LogP contribution in [0.25, 0.3) is 0 Å². The summed E-state index contributed by atoms with van der Waals surface area (Å²) < 4.78 is 11.1. The van der Waals surface area contributed by atoms with Crippen molar-refractivity contribution in [2.75, 3.05) is 6.61 Å². The average molecular weight is 237 g/mol. The monoisotopic (exact) mass is 237 g/mol. The minimum atomic E-state index is -0.345. The summed E-state index contributed by atoms with van der Waals surface area (Å²) in [5.41, 5.74) is 5.56. The van der Waals surface area contributed by atoms with Gasteiger partial charge in [0, 0.05) is 18.6 Å². The SMILES string of the molecule is CC1(c2noc([C@@H]3CC[C@H](N)C3)n2)CCCO1. The van der Waals surface area contributed by atoms with E-state index in [9.17, 15) is 0 Å². The Labute approximate surface area is 101 Å². The molecular weight excluding hydrogens is 218 g/mol. The molecule has 1 saturated carbocycles. The van der Waals surface area contributed by atoms with Crippen molar-refractivity contribution in [3.05, 3.63) is 11.7 Å².